The van der Waals surface area contributed by atoms with Crippen LogP contribution in [0.25, 0.3) is 16.2 Å². The number of ether oxygens (including phenoxy) is 1. The van der Waals surface area contributed by atoms with E-state index in [2.05, 4.69) is 17.5 Å². The van der Waals surface area contributed by atoms with E-state index in [0.717, 1.165) is 5.56 Å². The van der Waals surface area contributed by atoms with Crippen LogP contribution in [0.15, 0.2) is 35.2 Å². The molecule has 1 aromatic carbocycles. The number of rotatable bonds is 3. The van der Waals surface area contributed by atoms with Crippen LogP contribution in [0.4, 0.5) is 0 Å². The molecule has 17 heavy (non-hydrogen) atoms. The third-order valence-corrected chi connectivity index (χ3v) is 3.46. The highest BCUT2D eigenvalue weighted by atomic mass is 32.1. The Kier molecular flexibility index (Phi) is 3.59. The molecule has 2 nitrogen and oxygen atoms in total. The first kappa shape index (κ1) is 11.9. The molecule has 1 aromatic heterocycles. The van der Waals surface area contributed by atoms with Gasteiger partial charge in [0.1, 0.15) is 0 Å². The Morgan fingerprint density at radius 1 is 1.41 bits per heavy atom. The van der Waals surface area contributed by atoms with Crippen molar-refractivity contribution in [3.05, 3.63) is 40.8 Å². The monoisotopic (exact) mass is 246 g/mol. The van der Waals surface area contributed by atoms with Crippen LogP contribution in [0.3, 0.4) is 0 Å². The van der Waals surface area contributed by atoms with Gasteiger partial charge in [0.05, 0.1) is 6.61 Å². The lowest BCUT2D eigenvalue weighted by Gasteiger charge is -2.00. The van der Waals surface area contributed by atoms with Gasteiger partial charge in [0.2, 0.25) is 0 Å². The molecular weight excluding hydrogens is 232 g/mol. The van der Waals surface area contributed by atoms with Gasteiger partial charge >= 0.3 is 5.97 Å². The summed E-state index contributed by atoms with van der Waals surface area (Å²) in [5, 5.41) is 3.24. The van der Waals surface area contributed by atoms with Crippen molar-refractivity contribution in [3.63, 3.8) is 0 Å². The van der Waals surface area contributed by atoms with Gasteiger partial charge in [-0.3, -0.25) is 0 Å². The van der Waals surface area contributed by atoms with E-state index in [1.54, 1.807) is 18.3 Å². The maximum atomic E-state index is 11.5. The summed E-state index contributed by atoms with van der Waals surface area (Å²) in [7, 11) is 0. The van der Waals surface area contributed by atoms with Gasteiger partial charge in [0, 0.05) is 10.3 Å². The second-order valence-corrected chi connectivity index (χ2v) is 4.65. The van der Waals surface area contributed by atoms with Crippen LogP contribution < -0.4 is 0 Å². The number of carbonyl (C=O) groups is 1. The van der Waals surface area contributed by atoms with E-state index in [4.69, 9.17) is 4.74 Å². The molecule has 2 rings (SSSR count). The van der Waals surface area contributed by atoms with Gasteiger partial charge in [-0.15, -0.1) is 11.3 Å². The van der Waals surface area contributed by atoms with Crippen molar-refractivity contribution in [3.8, 4) is 0 Å². The highest BCUT2D eigenvalue weighted by Crippen LogP contribution is 2.27. The van der Waals surface area contributed by atoms with Crippen molar-refractivity contribution >= 4 is 33.5 Å². The summed E-state index contributed by atoms with van der Waals surface area (Å²) in [5.74, 6) is -0.247. The van der Waals surface area contributed by atoms with Gasteiger partial charge in [0.15, 0.2) is 0 Å². The predicted octanol–water partition coefficient (Wildman–Crippen LogP) is 3.87. The van der Waals surface area contributed by atoms with Crippen molar-refractivity contribution in [2.24, 2.45) is 0 Å². The highest BCUT2D eigenvalue weighted by Gasteiger charge is 2.06. The molecule has 0 saturated carbocycles. The van der Waals surface area contributed by atoms with E-state index >= 15 is 0 Å². The van der Waals surface area contributed by atoms with Crippen LogP contribution in [-0.4, -0.2) is 12.6 Å². The Hall–Kier alpha value is -1.61. The van der Waals surface area contributed by atoms with Crippen LogP contribution >= 0.6 is 11.3 Å². The summed E-state index contributed by atoms with van der Waals surface area (Å²) in [6.45, 7) is 4.00. The zero-order chi connectivity index (χ0) is 12.3. The number of carbonyl (C=O) groups excluding carboxylic acids is 1. The minimum atomic E-state index is -0.247. The third-order valence-electron chi connectivity index (χ3n) is 2.48. The second-order valence-electron chi connectivity index (χ2n) is 3.74. The van der Waals surface area contributed by atoms with Crippen LogP contribution in [0.1, 0.15) is 19.4 Å². The van der Waals surface area contributed by atoms with Crippen LogP contribution in [-0.2, 0) is 9.53 Å². The summed E-state index contributed by atoms with van der Waals surface area (Å²) in [6.07, 6.45) is 1.89. The number of thiophene rings is 1. The fourth-order valence-electron chi connectivity index (χ4n) is 1.65. The second kappa shape index (κ2) is 5.15. The van der Waals surface area contributed by atoms with Gasteiger partial charge in [0.25, 0.3) is 0 Å². The molecule has 0 N–H and O–H groups in total. The molecule has 0 radical (unpaired) electrons. The van der Waals surface area contributed by atoms with E-state index < -0.39 is 0 Å². The number of esters is 1. The average molecular weight is 246 g/mol. The fourth-order valence-corrected chi connectivity index (χ4v) is 2.57. The minimum absolute atomic E-state index is 0.247. The van der Waals surface area contributed by atoms with E-state index in [-0.39, 0.29) is 5.97 Å². The molecule has 0 bridgehead atoms. The molecule has 3 heteroatoms. The Balaban J connectivity index is 2.35. The SMILES string of the molecule is CCOC(=O)/C(C)=C/c1csc2ccccc12. The third kappa shape index (κ3) is 2.56. The lowest BCUT2D eigenvalue weighted by Crippen LogP contribution is -2.04. The van der Waals surface area contributed by atoms with Gasteiger partial charge in [-0.25, -0.2) is 4.79 Å². The van der Waals surface area contributed by atoms with Crippen LogP contribution in [0, 0.1) is 0 Å². The maximum Gasteiger partial charge on any atom is 0.333 e. The summed E-state index contributed by atoms with van der Waals surface area (Å²) in [6, 6.07) is 8.17. The quantitative estimate of drug-likeness (QED) is 0.607. The maximum absolute atomic E-state index is 11.5. The lowest BCUT2D eigenvalue weighted by molar-refractivity contribution is -0.138. The minimum Gasteiger partial charge on any atom is -0.463 e. The Morgan fingerprint density at radius 3 is 2.94 bits per heavy atom. The zero-order valence-corrected chi connectivity index (χ0v) is 10.7. The Bertz CT molecular complexity index is 566. The molecule has 2 aromatic rings. The molecule has 88 valence electrons. The van der Waals surface area contributed by atoms with Gasteiger partial charge < -0.3 is 4.74 Å². The summed E-state index contributed by atoms with van der Waals surface area (Å²) >= 11 is 1.68. The molecule has 0 aliphatic carbocycles. The lowest BCUT2D eigenvalue weighted by atomic mass is 10.1. The predicted molar refractivity (Wildman–Crippen MR) is 72.1 cm³/mol. The largest absolute Gasteiger partial charge is 0.463 e. The Morgan fingerprint density at radius 2 is 2.18 bits per heavy atom. The number of fused-ring (bicyclic) bond motifs is 1. The molecule has 0 amide bonds. The average Bonchev–Trinajstić information content (AvgIpc) is 2.73. The number of benzene rings is 1. The summed E-state index contributed by atoms with van der Waals surface area (Å²) in [5.41, 5.74) is 1.71. The van der Waals surface area contributed by atoms with Crippen LogP contribution in [0.2, 0.25) is 0 Å². The van der Waals surface area contributed by atoms with Crippen molar-refractivity contribution in [1.29, 1.82) is 0 Å². The van der Waals surface area contributed by atoms with Gasteiger partial charge in [-0.1, -0.05) is 18.2 Å². The molecule has 0 unspecified atom stereocenters. The van der Waals surface area contributed by atoms with Gasteiger partial charge in [-0.2, -0.15) is 0 Å². The van der Waals surface area contributed by atoms with Crippen molar-refractivity contribution in [2.45, 2.75) is 13.8 Å². The topological polar surface area (TPSA) is 26.3 Å². The molecule has 0 aliphatic rings. The number of hydrogen-bond donors (Lipinski definition) is 0. The Labute approximate surface area is 105 Å². The highest BCUT2D eigenvalue weighted by molar-refractivity contribution is 7.17. The number of hydrogen-bond acceptors (Lipinski definition) is 3. The van der Waals surface area contributed by atoms with Crippen molar-refractivity contribution in [2.75, 3.05) is 6.61 Å². The van der Waals surface area contributed by atoms with E-state index in [9.17, 15) is 4.79 Å². The molecule has 0 saturated heterocycles. The normalized spacial score (nSPS) is 11.8. The van der Waals surface area contributed by atoms with Gasteiger partial charge in [-0.05, 0) is 42.3 Å². The molecule has 1 heterocycles. The first-order valence-corrected chi connectivity index (χ1v) is 6.42. The van der Waals surface area contributed by atoms with Crippen LogP contribution in [0.5, 0.6) is 0 Å². The molecular formula is C14H14O2S. The first-order chi connectivity index (χ1) is 8.22. The molecule has 0 fully saturated rings. The molecule has 0 aliphatic heterocycles. The van der Waals surface area contributed by atoms with E-state index in [1.807, 2.05) is 25.1 Å². The first-order valence-electron chi connectivity index (χ1n) is 5.54. The smallest absolute Gasteiger partial charge is 0.333 e. The van der Waals surface area contributed by atoms with E-state index in [0.29, 0.717) is 12.2 Å². The zero-order valence-electron chi connectivity index (χ0n) is 9.90. The summed E-state index contributed by atoms with van der Waals surface area (Å²) < 4.78 is 6.19. The molecule has 0 atom stereocenters. The summed E-state index contributed by atoms with van der Waals surface area (Å²) in [4.78, 5) is 11.5. The molecule has 0 spiro atoms. The van der Waals surface area contributed by atoms with Crippen molar-refractivity contribution in [1.82, 2.24) is 0 Å². The van der Waals surface area contributed by atoms with Crippen molar-refractivity contribution < 1.29 is 9.53 Å². The standard InChI is InChI=1S/C14H14O2S/c1-3-16-14(15)10(2)8-11-9-17-13-7-5-4-6-12(11)13/h4-9H,3H2,1-2H3/b10-8+. The van der Waals surface area contributed by atoms with E-state index in [1.165, 1.54) is 10.1 Å². The fraction of sp³-hybridized carbons (Fsp3) is 0.214.